The van der Waals surface area contributed by atoms with Crippen LogP contribution in [0.15, 0.2) is 45.9 Å². The minimum atomic E-state index is 0.504. The number of hydrogen-bond acceptors (Lipinski definition) is 2. The molecule has 3 rings (SSSR count). The number of benzene rings is 1. The van der Waals surface area contributed by atoms with Gasteiger partial charge in [0.1, 0.15) is 0 Å². The zero-order chi connectivity index (χ0) is 16.1. The molecule has 0 saturated carbocycles. The highest BCUT2D eigenvalue weighted by atomic mass is 79.9. The molecular weight excluding hydrogens is 352 g/mol. The van der Waals surface area contributed by atoms with E-state index in [4.69, 9.17) is 0 Å². The molecule has 1 atom stereocenters. The van der Waals surface area contributed by atoms with Gasteiger partial charge in [0, 0.05) is 42.9 Å². The fourth-order valence-corrected chi connectivity index (χ4v) is 3.51. The van der Waals surface area contributed by atoms with Crippen LogP contribution in [0.3, 0.4) is 0 Å². The molecule has 1 aliphatic heterocycles. The van der Waals surface area contributed by atoms with Crippen LogP contribution < -0.4 is 15.5 Å². The van der Waals surface area contributed by atoms with Gasteiger partial charge in [-0.3, -0.25) is 4.99 Å². The van der Waals surface area contributed by atoms with E-state index in [0.29, 0.717) is 12.0 Å². The molecule has 0 aromatic heterocycles. The van der Waals surface area contributed by atoms with E-state index in [2.05, 4.69) is 72.9 Å². The third kappa shape index (κ3) is 4.50. The van der Waals surface area contributed by atoms with Gasteiger partial charge in [-0.05, 0) is 49.4 Å². The largest absolute Gasteiger partial charge is 0.371 e. The third-order valence-electron chi connectivity index (χ3n) is 4.61. The number of halogens is 1. The first kappa shape index (κ1) is 16.4. The summed E-state index contributed by atoms with van der Waals surface area (Å²) in [5.74, 6) is 1.60. The number of aliphatic imine (C=N–C) groups is 1. The van der Waals surface area contributed by atoms with Crippen molar-refractivity contribution in [2.45, 2.75) is 25.3 Å². The van der Waals surface area contributed by atoms with Crippen LogP contribution >= 0.6 is 15.9 Å². The van der Waals surface area contributed by atoms with Gasteiger partial charge in [0.2, 0.25) is 0 Å². The fraction of sp³-hybridized carbons (Fsp3) is 0.500. The van der Waals surface area contributed by atoms with E-state index in [0.717, 1.165) is 42.9 Å². The topological polar surface area (TPSA) is 39.7 Å². The normalized spacial score (nSPS) is 21.9. The first-order chi connectivity index (χ1) is 11.2. The quantitative estimate of drug-likeness (QED) is 0.481. The van der Waals surface area contributed by atoms with Gasteiger partial charge in [-0.2, -0.15) is 0 Å². The maximum Gasteiger partial charge on any atom is 0.191 e. The smallest absolute Gasteiger partial charge is 0.191 e. The first-order valence-electron chi connectivity index (χ1n) is 8.37. The second kappa shape index (κ2) is 7.86. The van der Waals surface area contributed by atoms with Gasteiger partial charge in [0.15, 0.2) is 5.96 Å². The van der Waals surface area contributed by atoms with Crippen molar-refractivity contribution in [3.05, 3.63) is 40.9 Å². The summed E-state index contributed by atoms with van der Waals surface area (Å²) < 4.78 is 1.13. The van der Waals surface area contributed by atoms with Crippen LogP contribution in [0, 0.1) is 5.92 Å². The molecule has 23 heavy (non-hydrogen) atoms. The first-order valence-corrected chi connectivity index (χ1v) is 9.16. The van der Waals surface area contributed by atoms with Gasteiger partial charge < -0.3 is 15.5 Å². The summed E-state index contributed by atoms with van der Waals surface area (Å²) in [6.45, 7) is 3.22. The fourth-order valence-electron chi connectivity index (χ4n) is 3.25. The zero-order valence-corrected chi connectivity index (χ0v) is 15.2. The van der Waals surface area contributed by atoms with Gasteiger partial charge >= 0.3 is 0 Å². The average molecular weight is 377 g/mol. The molecule has 1 aromatic rings. The molecule has 1 saturated heterocycles. The summed E-state index contributed by atoms with van der Waals surface area (Å²) in [6.07, 6.45) is 7.89. The van der Waals surface area contributed by atoms with Crippen LogP contribution in [0.5, 0.6) is 0 Å². The van der Waals surface area contributed by atoms with E-state index >= 15 is 0 Å². The molecular formula is C18H25BrN4. The van der Waals surface area contributed by atoms with Crippen molar-refractivity contribution in [3.8, 4) is 0 Å². The van der Waals surface area contributed by atoms with Crippen molar-refractivity contribution < 1.29 is 0 Å². The second-order valence-electron chi connectivity index (χ2n) is 6.31. The van der Waals surface area contributed by atoms with E-state index in [1.54, 1.807) is 0 Å². The van der Waals surface area contributed by atoms with Crippen molar-refractivity contribution in [3.63, 3.8) is 0 Å². The van der Waals surface area contributed by atoms with Crippen LogP contribution in [0.25, 0.3) is 0 Å². The van der Waals surface area contributed by atoms with Gasteiger partial charge in [0.25, 0.3) is 0 Å². The number of guanidine groups is 1. The van der Waals surface area contributed by atoms with Crippen molar-refractivity contribution in [2.24, 2.45) is 10.9 Å². The Kier molecular flexibility index (Phi) is 5.60. The lowest BCUT2D eigenvalue weighted by atomic mass is 10.1. The SMILES string of the molecule is CN=C(NCC1CCN(c2ccc(Br)cc2)C1)NC1CC=CC1. The summed E-state index contributed by atoms with van der Waals surface area (Å²) >= 11 is 3.50. The number of rotatable bonds is 4. The number of nitrogens with one attached hydrogen (secondary N) is 2. The Morgan fingerprint density at radius 1 is 1.26 bits per heavy atom. The molecule has 124 valence electrons. The van der Waals surface area contributed by atoms with Crippen LogP contribution in [-0.2, 0) is 0 Å². The van der Waals surface area contributed by atoms with Gasteiger partial charge in [0.05, 0.1) is 0 Å². The van der Waals surface area contributed by atoms with E-state index < -0.39 is 0 Å². The molecule has 4 nitrogen and oxygen atoms in total. The lowest BCUT2D eigenvalue weighted by Gasteiger charge is -2.20. The highest BCUT2D eigenvalue weighted by molar-refractivity contribution is 9.10. The summed E-state index contributed by atoms with van der Waals surface area (Å²) in [7, 11) is 1.85. The van der Waals surface area contributed by atoms with E-state index in [1.165, 1.54) is 12.1 Å². The standard InChI is InChI=1S/C18H25BrN4/c1-20-18(22-16-4-2-3-5-16)21-12-14-10-11-23(13-14)17-8-6-15(19)7-9-17/h2-3,6-9,14,16H,4-5,10-13H2,1H3,(H2,20,21,22). The minimum Gasteiger partial charge on any atom is -0.371 e. The maximum atomic E-state index is 4.35. The minimum absolute atomic E-state index is 0.504. The van der Waals surface area contributed by atoms with E-state index in [-0.39, 0.29) is 0 Å². The van der Waals surface area contributed by atoms with Crippen molar-refractivity contribution in [1.82, 2.24) is 10.6 Å². The molecule has 1 aliphatic carbocycles. The van der Waals surface area contributed by atoms with Crippen LogP contribution in [-0.4, -0.2) is 38.7 Å². The Morgan fingerprint density at radius 2 is 2.00 bits per heavy atom. The highest BCUT2D eigenvalue weighted by Gasteiger charge is 2.23. The Bertz CT molecular complexity index is 559. The van der Waals surface area contributed by atoms with Crippen molar-refractivity contribution in [1.29, 1.82) is 0 Å². The molecule has 2 N–H and O–H groups in total. The summed E-state index contributed by atoms with van der Waals surface area (Å²) in [5, 5.41) is 6.99. The zero-order valence-electron chi connectivity index (χ0n) is 13.6. The predicted octanol–water partition coefficient (Wildman–Crippen LogP) is 3.16. The average Bonchev–Trinajstić information content (AvgIpc) is 3.24. The third-order valence-corrected chi connectivity index (χ3v) is 5.14. The molecule has 1 aromatic carbocycles. The van der Waals surface area contributed by atoms with Gasteiger partial charge in [-0.15, -0.1) is 0 Å². The maximum absolute atomic E-state index is 4.35. The predicted molar refractivity (Wildman–Crippen MR) is 101 cm³/mol. The van der Waals surface area contributed by atoms with E-state index in [9.17, 15) is 0 Å². The molecule has 0 amide bonds. The summed E-state index contributed by atoms with van der Waals surface area (Å²) in [6, 6.07) is 9.11. The summed E-state index contributed by atoms with van der Waals surface area (Å²) in [5.41, 5.74) is 1.32. The lowest BCUT2D eigenvalue weighted by molar-refractivity contribution is 0.555. The molecule has 2 aliphatic rings. The highest BCUT2D eigenvalue weighted by Crippen LogP contribution is 2.24. The van der Waals surface area contributed by atoms with Gasteiger partial charge in [-0.25, -0.2) is 0 Å². The van der Waals surface area contributed by atoms with E-state index in [1.807, 2.05) is 7.05 Å². The Labute approximate surface area is 147 Å². The molecule has 1 unspecified atom stereocenters. The van der Waals surface area contributed by atoms with Crippen LogP contribution in [0.2, 0.25) is 0 Å². The van der Waals surface area contributed by atoms with Crippen molar-refractivity contribution >= 4 is 27.6 Å². The molecule has 5 heteroatoms. The number of nitrogens with zero attached hydrogens (tertiary/aromatic N) is 2. The number of hydrogen-bond donors (Lipinski definition) is 2. The monoisotopic (exact) mass is 376 g/mol. The molecule has 1 fully saturated rings. The summed E-state index contributed by atoms with van der Waals surface area (Å²) in [4.78, 5) is 6.82. The Hall–Kier alpha value is -1.49. The molecule has 0 radical (unpaired) electrons. The Balaban J connectivity index is 1.45. The Morgan fingerprint density at radius 3 is 2.70 bits per heavy atom. The molecule has 1 heterocycles. The van der Waals surface area contributed by atoms with Crippen LogP contribution in [0.1, 0.15) is 19.3 Å². The molecule has 0 spiro atoms. The number of anilines is 1. The molecule has 0 bridgehead atoms. The lowest BCUT2D eigenvalue weighted by Crippen LogP contribution is -2.44. The van der Waals surface area contributed by atoms with Gasteiger partial charge in [-0.1, -0.05) is 28.1 Å². The van der Waals surface area contributed by atoms with Crippen molar-refractivity contribution in [2.75, 3.05) is 31.6 Å². The second-order valence-corrected chi connectivity index (χ2v) is 7.23. The van der Waals surface area contributed by atoms with Crippen LogP contribution in [0.4, 0.5) is 5.69 Å².